The van der Waals surface area contributed by atoms with Gasteiger partial charge in [0.2, 0.25) is 0 Å². The molecule has 4 amide bonds. The van der Waals surface area contributed by atoms with Crippen molar-refractivity contribution >= 4 is 29.4 Å². The van der Waals surface area contributed by atoms with E-state index in [-0.39, 0.29) is 17.8 Å². The van der Waals surface area contributed by atoms with Gasteiger partial charge in [-0.1, -0.05) is 42.5 Å². The number of morpholine rings is 1. The average Bonchev–Trinajstić information content (AvgIpc) is 3.02. The third kappa shape index (κ3) is 11.1. The number of carbonyl (C=O) groups is 3. The van der Waals surface area contributed by atoms with Gasteiger partial charge in [0, 0.05) is 44.8 Å². The largest absolute Gasteiger partial charge is 0.444 e. The number of rotatable bonds is 12. The first-order valence-corrected chi connectivity index (χ1v) is 15.6. The summed E-state index contributed by atoms with van der Waals surface area (Å²) in [4.78, 5) is 42.7. The number of nitrogens with one attached hydrogen (secondary N) is 3. The molecule has 1 aliphatic rings. The number of hydrogen-bond acceptors (Lipinski definition) is 6. The maximum absolute atomic E-state index is 14.1. The molecular formula is C35H44FN5O5. The number of urea groups is 1. The Labute approximate surface area is 270 Å². The highest BCUT2D eigenvalue weighted by molar-refractivity contribution is 6.06. The maximum atomic E-state index is 14.1. The van der Waals surface area contributed by atoms with E-state index in [1.165, 1.54) is 6.07 Å². The molecule has 246 valence electrons. The van der Waals surface area contributed by atoms with Gasteiger partial charge in [-0.15, -0.1) is 0 Å². The number of benzene rings is 3. The zero-order valence-corrected chi connectivity index (χ0v) is 26.8. The van der Waals surface area contributed by atoms with Crippen LogP contribution in [0.3, 0.4) is 0 Å². The Morgan fingerprint density at radius 1 is 0.913 bits per heavy atom. The van der Waals surface area contributed by atoms with Crippen LogP contribution in [-0.4, -0.2) is 79.4 Å². The summed E-state index contributed by atoms with van der Waals surface area (Å²) in [7, 11) is 0. The van der Waals surface area contributed by atoms with E-state index in [1.54, 1.807) is 80.3 Å². The number of halogens is 1. The van der Waals surface area contributed by atoms with Crippen LogP contribution in [0.5, 0.6) is 0 Å². The van der Waals surface area contributed by atoms with Crippen molar-refractivity contribution in [1.82, 2.24) is 15.1 Å². The molecule has 0 bridgehead atoms. The highest BCUT2D eigenvalue weighted by Crippen LogP contribution is 2.23. The van der Waals surface area contributed by atoms with Gasteiger partial charge in [0.1, 0.15) is 11.4 Å². The zero-order chi connectivity index (χ0) is 32.9. The van der Waals surface area contributed by atoms with E-state index >= 15 is 0 Å². The van der Waals surface area contributed by atoms with Crippen LogP contribution in [0.15, 0.2) is 72.8 Å². The molecule has 0 saturated carbocycles. The van der Waals surface area contributed by atoms with Crippen LogP contribution < -0.4 is 16.0 Å². The van der Waals surface area contributed by atoms with Crippen molar-refractivity contribution in [2.24, 2.45) is 0 Å². The summed E-state index contributed by atoms with van der Waals surface area (Å²) in [6.45, 7) is 10.5. The molecule has 3 aromatic rings. The second kappa shape index (κ2) is 16.7. The molecule has 0 spiro atoms. The lowest BCUT2D eigenvalue weighted by atomic mass is 10.1. The van der Waals surface area contributed by atoms with Crippen molar-refractivity contribution in [2.75, 3.05) is 56.6 Å². The molecule has 3 N–H and O–H groups in total. The maximum Gasteiger partial charge on any atom is 0.412 e. The van der Waals surface area contributed by atoms with Gasteiger partial charge in [0.25, 0.3) is 5.91 Å². The first-order valence-electron chi connectivity index (χ1n) is 15.6. The first kappa shape index (κ1) is 34.4. The zero-order valence-electron chi connectivity index (χ0n) is 26.8. The van der Waals surface area contributed by atoms with E-state index in [2.05, 4.69) is 20.9 Å². The minimum absolute atomic E-state index is 0.228. The summed E-state index contributed by atoms with van der Waals surface area (Å²) in [5, 5.41) is 8.47. The number of anilines is 2. The van der Waals surface area contributed by atoms with Crippen LogP contribution in [0.4, 0.5) is 25.4 Å². The predicted molar refractivity (Wildman–Crippen MR) is 176 cm³/mol. The van der Waals surface area contributed by atoms with Gasteiger partial charge in [-0.2, -0.15) is 0 Å². The van der Waals surface area contributed by atoms with E-state index < -0.39 is 11.7 Å². The smallest absolute Gasteiger partial charge is 0.412 e. The number of carbonyl (C=O) groups excluding carboxylic acids is 3. The molecule has 10 nitrogen and oxygen atoms in total. The SMILES string of the molecule is CC(C)(C)OC(=O)Nc1ccccc1NC(=O)c1ccc(CN(CCCN2CCOCC2)C(=O)NCCc2ccccc2F)cc1. The lowest BCUT2D eigenvalue weighted by Gasteiger charge is -2.28. The normalized spacial score (nSPS) is 13.5. The highest BCUT2D eigenvalue weighted by Gasteiger charge is 2.19. The van der Waals surface area contributed by atoms with Gasteiger partial charge in [-0.05, 0) is 75.1 Å². The molecule has 1 saturated heterocycles. The molecule has 1 aliphatic heterocycles. The monoisotopic (exact) mass is 633 g/mol. The van der Waals surface area contributed by atoms with Crippen molar-refractivity contribution in [2.45, 2.75) is 45.8 Å². The predicted octanol–water partition coefficient (Wildman–Crippen LogP) is 5.90. The fraction of sp³-hybridized carbons (Fsp3) is 0.400. The number of ether oxygens (including phenoxy) is 2. The molecule has 0 aliphatic carbocycles. The number of para-hydroxylation sites is 2. The molecule has 0 aromatic heterocycles. The summed E-state index contributed by atoms with van der Waals surface area (Å²) < 4.78 is 24.8. The van der Waals surface area contributed by atoms with E-state index in [1.807, 2.05) is 12.1 Å². The molecule has 46 heavy (non-hydrogen) atoms. The van der Waals surface area contributed by atoms with Crippen molar-refractivity contribution in [3.63, 3.8) is 0 Å². The van der Waals surface area contributed by atoms with Crippen LogP contribution in [0.2, 0.25) is 0 Å². The van der Waals surface area contributed by atoms with E-state index in [9.17, 15) is 18.8 Å². The average molecular weight is 634 g/mol. The van der Waals surface area contributed by atoms with Gasteiger partial charge >= 0.3 is 12.1 Å². The molecule has 0 radical (unpaired) electrons. The van der Waals surface area contributed by atoms with E-state index in [0.29, 0.717) is 61.8 Å². The topological polar surface area (TPSA) is 112 Å². The Hall–Kier alpha value is -4.48. The summed E-state index contributed by atoms with van der Waals surface area (Å²) in [5.74, 6) is -0.635. The molecule has 1 fully saturated rings. The van der Waals surface area contributed by atoms with E-state index in [0.717, 1.165) is 31.6 Å². The minimum atomic E-state index is -0.662. The molecular weight excluding hydrogens is 589 g/mol. The molecule has 3 aromatic carbocycles. The third-order valence-corrected chi connectivity index (χ3v) is 7.32. The Balaban J connectivity index is 1.36. The third-order valence-electron chi connectivity index (χ3n) is 7.32. The fourth-order valence-electron chi connectivity index (χ4n) is 4.97. The van der Waals surface area contributed by atoms with Gasteiger partial charge in [-0.25, -0.2) is 14.0 Å². The van der Waals surface area contributed by atoms with Crippen LogP contribution in [0.25, 0.3) is 0 Å². The summed E-state index contributed by atoms with van der Waals surface area (Å²) >= 11 is 0. The summed E-state index contributed by atoms with van der Waals surface area (Å²) in [6.07, 6.45) is 0.558. The highest BCUT2D eigenvalue weighted by atomic mass is 19.1. The Bertz CT molecular complexity index is 1450. The molecule has 0 atom stereocenters. The van der Waals surface area contributed by atoms with E-state index in [4.69, 9.17) is 9.47 Å². The molecule has 11 heteroatoms. The Morgan fingerprint density at radius 2 is 1.57 bits per heavy atom. The minimum Gasteiger partial charge on any atom is -0.444 e. The van der Waals surface area contributed by atoms with Crippen LogP contribution in [0.1, 0.15) is 48.7 Å². The van der Waals surface area contributed by atoms with Crippen LogP contribution in [-0.2, 0) is 22.4 Å². The molecule has 1 heterocycles. The Morgan fingerprint density at radius 3 is 2.24 bits per heavy atom. The number of hydrogen-bond donors (Lipinski definition) is 3. The Kier molecular flexibility index (Phi) is 12.5. The standard InChI is InChI=1S/C35H44FN5O5/c1-35(2,3)46-34(44)39-31-12-7-6-11-30(31)38-32(42)28-15-13-26(14-16-28)25-41(20-8-19-40-21-23-45-24-22-40)33(43)37-18-17-27-9-4-5-10-29(27)36/h4-7,9-16H,8,17-25H2,1-3H3,(H,37,43)(H,38,42)(H,39,44). The molecule has 4 rings (SSSR count). The quantitative estimate of drug-likeness (QED) is 0.229. The molecule has 0 unspecified atom stereocenters. The van der Waals surface area contributed by atoms with Gasteiger partial charge in [0.05, 0.1) is 24.6 Å². The van der Waals surface area contributed by atoms with Gasteiger partial charge in [-0.3, -0.25) is 15.0 Å². The lowest BCUT2D eigenvalue weighted by molar-refractivity contribution is 0.0364. The number of nitrogens with zero attached hydrogens (tertiary/aromatic N) is 2. The van der Waals surface area contributed by atoms with Crippen molar-refractivity contribution in [3.05, 3.63) is 95.3 Å². The summed E-state index contributed by atoms with van der Waals surface area (Å²) in [6, 6.07) is 20.3. The second-order valence-electron chi connectivity index (χ2n) is 12.1. The van der Waals surface area contributed by atoms with Crippen molar-refractivity contribution in [1.29, 1.82) is 0 Å². The lowest BCUT2D eigenvalue weighted by Crippen LogP contribution is -2.42. The van der Waals surface area contributed by atoms with Gasteiger partial charge in [0.15, 0.2) is 0 Å². The fourth-order valence-corrected chi connectivity index (χ4v) is 4.97. The van der Waals surface area contributed by atoms with Crippen molar-refractivity contribution < 1.29 is 28.2 Å². The van der Waals surface area contributed by atoms with Gasteiger partial charge < -0.3 is 25.0 Å². The van der Waals surface area contributed by atoms with Crippen molar-refractivity contribution in [3.8, 4) is 0 Å². The number of amides is 4. The summed E-state index contributed by atoms with van der Waals surface area (Å²) in [5.41, 5.74) is 2.02. The first-order chi connectivity index (χ1) is 22.1. The second-order valence-corrected chi connectivity index (χ2v) is 12.1. The van der Waals surface area contributed by atoms with Crippen LogP contribution in [0, 0.1) is 5.82 Å². The van der Waals surface area contributed by atoms with Crippen LogP contribution >= 0.6 is 0 Å².